The van der Waals surface area contributed by atoms with E-state index in [1.54, 1.807) is 11.8 Å². The fourth-order valence-corrected chi connectivity index (χ4v) is 2.33. The SMILES string of the molecule is C#CCC(=O)N1CCSCC1C(=O)O. The Morgan fingerprint density at radius 2 is 2.36 bits per heavy atom. The summed E-state index contributed by atoms with van der Waals surface area (Å²) in [7, 11) is 0. The van der Waals surface area contributed by atoms with Crippen molar-refractivity contribution in [2.75, 3.05) is 18.1 Å². The van der Waals surface area contributed by atoms with Crippen LogP contribution in [0.15, 0.2) is 0 Å². The summed E-state index contributed by atoms with van der Waals surface area (Å²) in [4.78, 5) is 23.6. The summed E-state index contributed by atoms with van der Waals surface area (Å²) in [6.45, 7) is 0.474. The van der Waals surface area contributed by atoms with E-state index in [0.29, 0.717) is 12.3 Å². The molecule has 0 radical (unpaired) electrons. The van der Waals surface area contributed by atoms with Gasteiger partial charge in [0.05, 0.1) is 6.42 Å². The normalized spacial score (nSPS) is 21.4. The molecule has 1 atom stereocenters. The van der Waals surface area contributed by atoms with Crippen molar-refractivity contribution in [3.63, 3.8) is 0 Å². The largest absolute Gasteiger partial charge is 0.480 e. The molecule has 1 fully saturated rings. The summed E-state index contributed by atoms with van der Waals surface area (Å²) in [6.07, 6.45) is 4.99. The summed E-state index contributed by atoms with van der Waals surface area (Å²) < 4.78 is 0. The first kappa shape index (κ1) is 10.9. The van der Waals surface area contributed by atoms with Crippen molar-refractivity contribution in [1.29, 1.82) is 0 Å². The number of nitrogens with zero attached hydrogens (tertiary/aromatic N) is 1. The molecule has 1 amide bonds. The van der Waals surface area contributed by atoms with Crippen molar-refractivity contribution in [3.8, 4) is 12.3 Å². The smallest absolute Gasteiger partial charge is 0.327 e. The highest BCUT2D eigenvalue weighted by atomic mass is 32.2. The molecule has 5 heteroatoms. The molecule has 4 nitrogen and oxygen atoms in total. The maximum Gasteiger partial charge on any atom is 0.327 e. The summed E-state index contributed by atoms with van der Waals surface area (Å²) >= 11 is 1.54. The number of hydrogen-bond donors (Lipinski definition) is 1. The molecule has 76 valence electrons. The first-order valence-corrected chi connectivity index (χ1v) is 5.35. The fraction of sp³-hybridized carbons (Fsp3) is 0.556. The molecule has 0 bridgehead atoms. The highest BCUT2D eigenvalue weighted by molar-refractivity contribution is 7.99. The lowest BCUT2D eigenvalue weighted by Gasteiger charge is -2.32. The van der Waals surface area contributed by atoms with Crippen molar-refractivity contribution in [1.82, 2.24) is 4.90 Å². The molecule has 14 heavy (non-hydrogen) atoms. The highest BCUT2D eigenvalue weighted by Crippen LogP contribution is 2.17. The van der Waals surface area contributed by atoms with Gasteiger partial charge in [-0.15, -0.1) is 6.42 Å². The highest BCUT2D eigenvalue weighted by Gasteiger charge is 2.31. The Labute approximate surface area is 86.7 Å². The summed E-state index contributed by atoms with van der Waals surface area (Å²) in [5.41, 5.74) is 0. The average molecular weight is 213 g/mol. The van der Waals surface area contributed by atoms with Gasteiger partial charge in [0.1, 0.15) is 6.04 Å². The van der Waals surface area contributed by atoms with Crippen molar-refractivity contribution in [2.45, 2.75) is 12.5 Å². The van der Waals surface area contributed by atoms with E-state index in [-0.39, 0.29) is 12.3 Å². The number of aliphatic carboxylic acids is 1. The van der Waals surface area contributed by atoms with Crippen molar-refractivity contribution < 1.29 is 14.7 Å². The summed E-state index contributed by atoms with van der Waals surface area (Å²) in [5, 5.41) is 8.87. The molecule has 0 spiro atoms. The van der Waals surface area contributed by atoms with Crippen LogP contribution in [0.1, 0.15) is 6.42 Å². The second-order valence-electron chi connectivity index (χ2n) is 2.90. The van der Waals surface area contributed by atoms with Crippen LogP contribution in [0.2, 0.25) is 0 Å². The van der Waals surface area contributed by atoms with Crippen LogP contribution in [-0.4, -0.2) is 46.0 Å². The lowest BCUT2D eigenvalue weighted by molar-refractivity contribution is -0.148. The van der Waals surface area contributed by atoms with Gasteiger partial charge in [-0.2, -0.15) is 11.8 Å². The third-order valence-electron chi connectivity index (χ3n) is 1.99. The van der Waals surface area contributed by atoms with Gasteiger partial charge in [-0.25, -0.2) is 4.79 Å². The minimum atomic E-state index is -0.956. The van der Waals surface area contributed by atoms with Crippen LogP contribution in [0.4, 0.5) is 0 Å². The predicted molar refractivity (Wildman–Crippen MR) is 53.9 cm³/mol. The van der Waals surface area contributed by atoms with Gasteiger partial charge < -0.3 is 10.0 Å². The number of hydrogen-bond acceptors (Lipinski definition) is 3. The predicted octanol–water partition coefficient (Wildman–Crippen LogP) is 0.0383. The van der Waals surface area contributed by atoms with E-state index in [1.165, 1.54) is 4.90 Å². The minimum Gasteiger partial charge on any atom is -0.480 e. The first-order chi connectivity index (χ1) is 6.66. The second-order valence-corrected chi connectivity index (χ2v) is 4.05. The van der Waals surface area contributed by atoms with Gasteiger partial charge in [0, 0.05) is 18.1 Å². The zero-order valence-corrected chi connectivity index (χ0v) is 8.42. The zero-order valence-electron chi connectivity index (χ0n) is 7.60. The Bertz CT molecular complexity index is 284. The number of rotatable bonds is 2. The van der Waals surface area contributed by atoms with E-state index in [2.05, 4.69) is 5.92 Å². The summed E-state index contributed by atoms with van der Waals surface area (Å²) in [5.74, 6) is 2.24. The van der Waals surface area contributed by atoms with Crippen molar-refractivity contribution >= 4 is 23.6 Å². The zero-order chi connectivity index (χ0) is 10.6. The van der Waals surface area contributed by atoms with Crippen LogP contribution < -0.4 is 0 Å². The standard InChI is InChI=1S/C9H11NO3S/c1-2-3-8(11)10-4-5-14-6-7(10)9(12)13/h1,7H,3-6H2,(H,12,13). The Morgan fingerprint density at radius 3 is 2.93 bits per heavy atom. The first-order valence-electron chi connectivity index (χ1n) is 4.20. The van der Waals surface area contributed by atoms with Crippen LogP contribution >= 0.6 is 11.8 Å². The van der Waals surface area contributed by atoms with Gasteiger partial charge in [-0.3, -0.25) is 4.79 Å². The van der Waals surface area contributed by atoms with Gasteiger partial charge in [-0.05, 0) is 0 Å². The Balaban J connectivity index is 2.68. The lowest BCUT2D eigenvalue weighted by Crippen LogP contribution is -2.50. The van der Waals surface area contributed by atoms with Gasteiger partial charge in [-0.1, -0.05) is 5.92 Å². The Kier molecular flexibility index (Phi) is 3.84. The fourth-order valence-electron chi connectivity index (χ4n) is 1.30. The molecule has 1 saturated heterocycles. The molecule has 0 aromatic heterocycles. The molecule has 1 rings (SSSR count). The molecule has 1 aliphatic rings. The molecular formula is C9H11NO3S. The third kappa shape index (κ3) is 2.42. The number of terminal acetylenes is 1. The lowest BCUT2D eigenvalue weighted by atomic mass is 10.2. The van der Waals surface area contributed by atoms with E-state index < -0.39 is 12.0 Å². The molecule has 1 aliphatic heterocycles. The monoisotopic (exact) mass is 213 g/mol. The minimum absolute atomic E-state index is 0.0194. The van der Waals surface area contributed by atoms with Crippen LogP contribution in [-0.2, 0) is 9.59 Å². The Hall–Kier alpha value is -1.15. The maximum atomic E-state index is 11.4. The second kappa shape index (κ2) is 4.91. The van der Waals surface area contributed by atoms with Gasteiger partial charge >= 0.3 is 5.97 Å². The van der Waals surface area contributed by atoms with Crippen LogP contribution in [0.25, 0.3) is 0 Å². The average Bonchev–Trinajstić information content (AvgIpc) is 2.18. The van der Waals surface area contributed by atoms with E-state index >= 15 is 0 Å². The summed E-state index contributed by atoms with van der Waals surface area (Å²) in [6, 6.07) is -0.713. The maximum absolute atomic E-state index is 11.4. The van der Waals surface area contributed by atoms with E-state index in [4.69, 9.17) is 11.5 Å². The number of carboxylic acids is 1. The molecule has 1 N–H and O–H groups in total. The molecule has 0 aromatic rings. The van der Waals surface area contributed by atoms with Gasteiger partial charge in [0.2, 0.25) is 5.91 Å². The van der Waals surface area contributed by atoms with E-state index in [9.17, 15) is 9.59 Å². The molecule has 0 aromatic carbocycles. The molecule has 0 saturated carbocycles. The van der Waals surface area contributed by atoms with Gasteiger partial charge in [0.15, 0.2) is 0 Å². The quantitative estimate of drug-likeness (QED) is 0.658. The number of amides is 1. The topological polar surface area (TPSA) is 57.6 Å². The van der Waals surface area contributed by atoms with Crippen LogP contribution in [0.5, 0.6) is 0 Å². The number of carbonyl (C=O) groups excluding carboxylic acids is 1. The van der Waals surface area contributed by atoms with Crippen LogP contribution in [0, 0.1) is 12.3 Å². The third-order valence-corrected chi connectivity index (χ3v) is 3.01. The van der Waals surface area contributed by atoms with Crippen molar-refractivity contribution in [2.24, 2.45) is 0 Å². The molecular weight excluding hydrogens is 202 g/mol. The van der Waals surface area contributed by atoms with Gasteiger partial charge in [0.25, 0.3) is 0 Å². The van der Waals surface area contributed by atoms with E-state index in [1.807, 2.05) is 0 Å². The number of carboxylic acid groups (broad SMARTS) is 1. The molecule has 1 unspecified atom stereocenters. The number of carbonyl (C=O) groups is 2. The van der Waals surface area contributed by atoms with Crippen molar-refractivity contribution in [3.05, 3.63) is 0 Å². The number of thioether (sulfide) groups is 1. The van der Waals surface area contributed by atoms with E-state index in [0.717, 1.165) is 5.75 Å². The molecule has 0 aliphatic carbocycles. The van der Waals surface area contributed by atoms with Crippen LogP contribution in [0.3, 0.4) is 0 Å². The molecule has 1 heterocycles. The Morgan fingerprint density at radius 1 is 1.64 bits per heavy atom.